The van der Waals surface area contributed by atoms with Crippen molar-refractivity contribution >= 4 is 23.3 Å². The Morgan fingerprint density at radius 1 is 1.62 bits per heavy atom. The van der Waals surface area contributed by atoms with Crippen LogP contribution in [0.5, 0.6) is 0 Å². The van der Waals surface area contributed by atoms with Gasteiger partial charge in [-0.3, -0.25) is 4.79 Å². The summed E-state index contributed by atoms with van der Waals surface area (Å²) in [6, 6.07) is -0.665. The number of methoxy groups -OCH3 is 1. The molecule has 0 saturated carbocycles. The van der Waals surface area contributed by atoms with Crippen molar-refractivity contribution in [2.75, 3.05) is 12.4 Å². The van der Waals surface area contributed by atoms with Crippen LogP contribution >= 0.6 is 11.6 Å². The minimum absolute atomic E-state index is 0.0255. The molecule has 0 bridgehead atoms. The maximum Gasteiger partial charge on any atom is 0.328 e. The first-order chi connectivity index (χ1) is 9.90. The summed E-state index contributed by atoms with van der Waals surface area (Å²) in [5, 5.41) is 6.81. The number of hydrogen-bond acceptors (Lipinski definition) is 5. The molecule has 0 aromatic carbocycles. The summed E-state index contributed by atoms with van der Waals surface area (Å²) >= 11 is 5.99. The third-order valence-corrected chi connectivity index (χ3v) is 3.04. The van der Waals surface area contributed by atoms with E-state index in [1.54, 1.807) is 0 Å². The molecule has 0 radical (unpaired) electrons. The summed E-state index contributed by atoms with van der Waals surface area (Å²) in [5.41, 5.74) is -0.379. The van der Waals surface area contributed by atoms with Gasteiger partial charge in [0.05, 0.1) is 18.3 Å². The highest BCUT2D eigenvalue weighted by Crippen LogP contribution is 2.18. The molecule has 1 aromatic heterocycles. The van der Waals surface area contributed by atoms with E-state index in [1.807, 2.05) is 13.8 Å². The van der Waals surface area contributed by atoms with Gasteiger partial charge in [0.15, 0.2) is 0 Å². The number of esters is 1. The minimum Gasteiger partial charge on any atom is -0.467 e. The number of nitrogens with one attached hydrogen (secondary N) is 1. The van der Waals surface area contributed by atoms with Gasteiger partial charge in [0.1, 0.15) is 18.3 Å². The Bertz CT molecular complexity index is 604. The third kappa shape index (κ3) is 4.50. The first kappa shape index (κ1) is 17.1. The van der Waals surface area contributed by atoms with Crippen molar-refractivity contribution in [3.8, 4) is 12.3 Å². The number of anilines is 1. The molecule has 1 N–H and O–H groups in total. The Morgan fingerprint density at radius 3 is 2.81 bits per heavy atom. The van der Waals surface area contributed by atoms with E-state index in [2.05, 4.69) is 16.3 Å². The number of terminal acetylenes is 1. The monoisotopic (exact) mass is 311 g/mol. The van der Waals surface area contributed by atoms with Gasteiger partial charge < -0.3 is 10.1 Å². The number of carbonyl (C=O) groups excluding carboxylic acids is 1. The van der Waals surface area contributed by atoms with Gasteiger partial charge in [0, 0.05) is 0 Å². The number of hydrogen-bond donors (Lipinski definition) is 1. The quantitative estimate of drug-likeness (QED) is 0.637. The van der Waals surface area contributed by atoms with E-state index < -0.39 is 17.6 Å². The Morgan fingerprint density at radius 2 is 2.29 bits per heavy atom. The Labute approximate surface area is 128 Å². The molecule has 0 fully saturated rings. The molecule has 1 aromatic rings. The van der Waals surface area contributed by atoms with Gasteiger partial charge >= 0.3 is 5.97 Å². The molecule has 0 aliphatic carbocycles. The normalized spacial score (nSPS) is 11.8. The zero-order valence-corrected chi connectivity index (χ0v) is 13.0. The van der Waals surface area contributed by atoms with Crippen LogP contribution < -0.4 is 10.9 Å². The van der Waals surface area contributed by atoms with E-state index in [0.29, 0.717) is 6.42 Å². The second-order valence-electron chi connectivity index (χ2n) is 4.88. The van der Waals surface area contributed by atoms with Crippen molar-refractivity contribution in [1.82, 2.24) is 9.78 Å². The number of carbonyl (C=O) groups is 1. The molecule has 0 amide bonds. The van der Waals surface area contributed by atoms with Crippen molar-refractivity contribution < 1.29 is 9.53 Å². The number of halogens is 1. The average molecular weight is 312 g/mol. The van der Waals surface area contributed by atoms with Crippen molar-refractivity contribution in [3.63, 3.8) is 0 Å². The predicted molar refractivity (Wildman–Crippen MR) is 81.2 cm³/mol. The lowest BCUT2D eigenvalue weighted by atomic mass is 10.0. The Hall–Kier alpha value is -2.00. The van der Waals surface area contributed by atoms with Crippen LogP contribution in [0.4, 0.5) is 5.69 Å². The largest absolute Gasteiger partial charge is 0.467 e. The number of aromatic nitrogens is 2. The van der Waals surface area contributed by atoms with Crippen LogP contribution in [-0.2, 0) is 16.1 Å². The van der Waals surface area contributed by atoms with Gasteiger partial charge in [-0.05, 0) is 12.3 Å². The lowest BCUT2D eigenvalue weighted by Crippen LogP contribution is -2.36. The molecule has 0 aliphatic heterocycles. The van der Waals surface area contributed by atoms with E-state index in [1.165, 1.54) is 13.3 Å². The van der Waals surface area contributed by atoms with Crippen LogP contribution in [0.3, 0.4) is 0 Å². The van der Waals surface area contributed by atoms with Gasteiger partial charge in [0.25, 0.3) is 5.56 Å². The molecule has 1 unspecified atom stereocenters. The second-order valence-corrected chi connectivity index (χ2v) is 5.29. The maximum atomic E-state index is 12.2. The average Bonchev–Trinajstić information content (AvgIpc) is 2.44. The summed E-state index contributed by atoms with van der Waals surface area (Å²) in [5.74, 6) is 2.10. The summed E-state index contributed by atoms with van der Waals surface area (Å²) in [6.45, 7) is 3.95. The molecule has 1 atom stereocenters. The fourth-order valence-corrected chi connectivity index (χ4v) is 1.98. The topological polar surface area (TPSA) is 73.2 Å². The molecule has 6 nitrogen and oxygen atoms in total. The van der Waals surface area contributed by atoms with E-state index in [4.69, 9.17) is 22.8 Å². The molecule has 21 heavy (non-hydrogen) atoms. The van der Waals surface area contributed by atoms with Crippen LogP contribution in [0.2, 0.25) is 5.02 Å². The summed E-state index contributed by atoms with van der Waals surface area (Å²) in [4.78, 5) is 24.0. The Balaban J connectivity index is 3.14. The summed E-state index contributed by atoms with van der Waals surface area (Å²) < 4.78 is 5.84. The summed E-state index contributed by atoms with van der Waals surface area (Å²) in [6.07, 6.45) is 6.99. The lowest BCUT2D eigenvalue weighted by Gasteiger charge is -2.19. The van der Waals surface area contributed by atoms with E-state index in [9.17, 15) is 9.59 Å². The van der Waals surface area contributed by atoms with E-state index in [-0.39, 0.29) is 23.2 Å². The van der Waals surface area contributed by atoms with Crippen molar-refractivity contribution in [3.05, 3.63) is 21.6 Å². The number of rotatable bonds is 6. The van der Waals surface area contributed by atoms with Gasteiger partial charge in [-0.2, -0.15) is 5.10 Å². The molecule has 0 saturated heterocycles. The van der Waals surface area contributed by atoms with Crippen molar-refractivity contribution in [2.24, 2.45) is 5.92 Å². The van der Waals surface area contributed by atoms with Crippen molar-refractivity contribution in [2.45, 2.75) is 32.9 Å². The third-order valence-electron chi connectivity index (χ3n) is 2.75. The molecular weight excluding hydrogens is 294 g/mol. The van der Waals surface area contributed by atoms with Crippen LogP contribution in [0.25, 0.3) is 0 Å². The Kier molecular flexibility index (Phi) is 6.25. The highest BCUT2D eigenvalue weighted by atomic mass is 35.5. The molecule has 114 valence electrons. The lowest BCUT2D eigenvalue weighted by molar-refractivity contribution is -0.141. The SMILES string of the molecule is C#CCn1ncc(Cl)c(NC(CC(C)C)C(=O)OC)c1=O. The predicted octanol–water partition coefficient (Wildman–Crippen LogP) is 1.53. The first-order valence-electron chi connectivity index (χ1n) is 6.44. The van der Waals surface area contributed by atoms with Crippen LogP contribution in [0, 0.1) is 18.3 Å². The fraction of sp³-hybridized carbons (Fsp3) is 0.500. The van der Waals surface area contributed by atoms with Gasteiger partial charge in [-0.15, -0.1) is 6.42 Å². The van der Waals surface area contributed by atoms with Gasteiger partial charge in [0.2, 0.25) is 0 Å². The highest BCUT2D eigenvalue weighted by molar-refractivity contribution is 6.33. The van der Waals surface area contributed by atoms with Crippen LogP contribution in [0.1, 0.15) is 20.3 Å². The standard InChI is InChI=1S/C14H18ClN3O3/c1-5-6-18-13(19)12(10(15)8-16-18)17-11(7-9(2)3)14(20)21-4/h1,8-9,11,17H,6-7H2,2-4H3. The smallest absolute Gasteiger partial charge is 0.328 e. The van der Waals surface area contributed by atoms with Gasteiger partial charge in [-0.1, -0.05) is 31.4 Å². The van der Waals surface area contributed by atoms with Crippen molar-refractivity contribution in [1.29, 1.82) is 0 Å². The number of ether oxygens (including phenoxy) is 1. The van der Waals surface area contributed by atoms with E-state index in [0.717, 1.165) is 4.68 Å². The summed E-state index contributed by atoms with van der Waals surface area (Å²) in [7, 11) is 1.29. The molecular formula is C14H18ClN3O3. The maximum absolute atomic E-state index is 12.2. The van der Waals surface area contributed by atoms with Crippen LogP contribution in [-0.4, -0.2) is 28.9 Å². The molecule has 0 aliphatic rings. The van der Waals surface area contributed by atoms with E-state index >= 15 is 0 Å². The second kappa shape index (κ2) is 7.70. The number of nitrogens with zero attached hydrogens (tertiary/aromatic N) is 2. The fourth-order valence-electron chi connectivity index (χ4n) is 1.80. The van der Waals surface area contributed by atoms with Crippen LogP contribution in [0.15, 0.2) is 11.0 Å². The first-order valence-corrected chi connectivity index (χ1v) is 6.82. The van der Waals surface area contributed by atoms with Gasteiger partial charge in [-0.25, -0.2) is 9.48 Å². The zero-order chi connectivity index (χ0) is 16.0. The molecule has 7 heteroatoms. The molecule has 1 heterocycles. The molecule has 0 spiro atoms. The molecule has 1 rings (SSSR count). The minimum atomic E-state index is -0.665. The zero-order valence-electron chi connectivity index (χ0n) is 12.2. The highest BCUT2D eigenvalue weighted by Gasteiger charge is 2.23.